The summed E-state index contributed by atoms with van der Waals surface area (Å²) in [5, 5.41) is 12.0. The minimum atomic E-state index is -1.43. The van der Waals surface area contributed by atoms with Crippen LogP contribution in [0.15, 0.2) is 90.8 Å². The van der Waals surface area contributed by atoms with Crippen LogP contribution >= 0.6 is 0 Å². The van der Waals surface area contributed by atoms with Crippen molar-refractivity contribution in [3.05, 3.63) is 119 Å². The van der Waals surface area contributed by atoms with E-state index in [-0.39, 0.29) is 42.9 Å². The number of aliphatic hydroxyl groups is 1. The van der Waals surface area contributed by atoms with Gasteiger partial charge in [0.25, 0.3) is 0 Å². The van der Waals surface area contributed by atoms with Crippen molar-refractivity contribution in [2.45, 2.75) is 78.9 Å². The number of fused-ring (bicyclic) bond motifs is 4. The Hall–Kier alpha value is -3.70. The predicted molar refractivity (Wildman–Crippen MR) is 198 cm³/mol. The molecule has 0 unspecified atom stereocenters. The van der Waals surface area contributed by atoms with Crippen molar-refractivity contribution in [3.8, 4) is 33.5 Å². The first-order valence-electron chi connectivity index (χ1n) is 16.2. The fourth-order valence-electron chi connectivity index (χ4n) is 6.70. The van der Waals surface area contributed by atoms with E-state index in [2.05, 4.69) is 121 Å². The molecular formula is C42H45FIrNO2Si-. The first kappa shape index (κ1) is 37.1. The average molecular weight is 835 g/mol. The standard InChI is InChI=1S/C37H37FNSi.C5H8O2.Ir/c1-36(2,3)31-22-25(21-24-11-9-10-12-27(24)31)35-33-30(19-20-39-35)29-18-17-28(34(38)32(29)37(33,4)5)23-13-15-26(16-14-23)40(6,7)8;1-4(6)3-5(2)7;/h9-20,22H,1-8H3;3,6H,1-2H3;/q-1;;/b;4-3-;. The van der Waals surface area contributed by atoms with E-state index in [1.54, 1.807) is 0 Å². The SMILES string of the molecule is CC(=O)/C=C(/C)O.CC(C)(C)c1cc(-c2nccc3c2C(C)(C)c2c-3ccc(-c3ccc([Si](C)(C)C)cc3)c2F)[c-]c2ccccc12.[Ir]. The van der Waals surface area contributed by atoms with Crippen molar-refractivity contribution in [2.24, 2.45) is 0 Å². The van der Waals surface area contributed by atoms with Crippen LogP contribution in [0.1, 0.15) is 65.2 Å². The Kier molecular flexibility index (Phi) is 10.6. The van der Waals surface area contributed by atoms with Gasteiger partial charge in [0.05, 0.1) is 13.8 Å². The van der Waals surface area contributed by atoms with Crippen LogP contribution < -0.4 is 5.19 Å². The van der Waals surface area contributed by atoms with Gasteiger partial charge in [0.15, 0.2) is 5.78 Å². The van der Waals surface area contributed by atoms with Gasteiger partial charge in [0.2, 0.25) is 0 Å². The van der Waals surface area contributed by atoms with Crippen LogP contribution in [0.3, 0.4) is 0 Å². The predicted octanol–water partition coefficient (Wildman–Crippen LogP) is 10.7. The molecule has 6 rings (SSSR count). The summed E-state index contributed by atoms with van der Waals surface area (Å²) in [6.07, 6.45) is 3.03. The summed E-state index contributed by atoms with van der Waals surface area (Å²) >= 11 is 0. The van der Waals surface area contributed by atoms with Gasteiger partial charge in [-0.25, -0.2) is 4.39 Å². The molecule has 0 saturated heterocycles. The Morgan fingerprint density at radius 1 is 0.896 bits per heavy atom. The number of halogens is 1. The monoisotopic (exact) mass is 835 g/mol. The van der Waals surface area contributed by atoms with Crippen molar-refractivity contribution < 1.29 is 34.4 Å². The Labute approximate surface area is 299 Å². The summed E-state index contributed by atoms with van der Waals surface area (Å²) in [6.45, 7) is 20.9. The van der Waals surface area contributed by atoms with Crippen molar-refractivity contribution in [2.75, 3.05) is 0 Å². The zero-order chi connectivity index (χ0) is 34.5. The molecule has 1 radical (unpaired) electrons. The fourth-order valence-corrected chi connectivity index (χ4v) is 7.87. The van der Waals surface area contributed by atoms with E-state index >= 15 is 4.39 Å². The molecule has 0 saturated carbocycles. The second-order valence-electron chi connectivity index (χ2n) is 15.2. The summed E-state index contributed by atoms with van der Waals surface area (Å²) in [4.78, 5) is 14.9. The normalized spacial score (nSPS) is 13.6. The van der Waals surface area contributed by atoms with Gasteiger partial charge >= 0.3 is 0 Å². The molecule has 1 heterocycles. The van der Waals surface area contributed by atoms with Crippen LogP contribution in [0.4, 0.5) is 4.39 Å². The minimum absolute atomic E-state index is 0. The first-order valence-corrected chi connectivity index (χ1v) is 19.7. The second-order valence-corrected chi connectivity index (χ2v) is 20.3. The molecule has 48 heavy (non-hydrogen) atoms. The fraction of sp³-hybridized carbons (Fsp3) is 0.286. The van der Waals surface area contributed by atoms with E-state index < -0.39 is 13.5 Å². The Balaban J connectivity index is 0.000000589. The van der Waals surface area contributed by atoms with E-state index in [1.165, 1.54) is 36.1 Å². The first-order chi connectivity index (χ1) is 21.9. The van der Waals surface area contributed by atoms with Gasteiger partial charge < -0.3 is 5.11 Å². The smallest absolute Gasteiger partial charge is 0.155 e. The van der Waals surface area contributed by atoms with Gasteiger partial charge in [-0.3, -0.25) is 9.78 Å². The Morgan fingerprint density at radius 3 is 2.06 bits per heavy atom. The van der Waals surface area contributed by atoms with Crippen molar-refractivity contribution >= 4 is 29.8 Å². The summed E-state index contributed by atoms with van der Waals surface area (Å²) < 4.78 is 16.6. The molecular weight excluding hydrogens is 790 g/mol. The molecule has 0 spiro atoms. The van der Waals surface area contributed by atoms with Gasteiger partial charge in [-0.2, -0.15) is 0 Å². The molecule has 1 aliphatic carbocycles. The van der Waals surface area contributed by atoms with Crippen molar-refractivity contribution in [1.82, 2.24) is 4.98 Å². The third kappa shape index (κ3) is 7.17. The minimum Gasteiger partial charge on any atom is -0.512 e. The van der Waals surface area contributed by atoms with E-state index in [9.17, 15) is 4.79 Å². The molecule has 3 nitrogen and oxygen atoms in total. The Morgan fingerprint density at radius 2 is 1.50 bits per heavy atom. The van der Waals surface area contributed by atoms with Crippen LogP contribution in [-0.4, -0.2) is 23.9 Å². The summed E-state index contributed by atoms with van der Waals surface area (Å²) in [6, 6.07) is 29.0. The number of benzene rings is 4. The van der Waals surface area contributed by atoms with Crippen LogP contribution in [0.5, 0.6) is 0 Å². The molecule has 6 heteroatoms. The number of rotatable bonds is 4. The quantitative estimate of drug-likeness (QED) is 0.0849. The number of carbonyl (C=O) groups excluding carboxylic acids is 1. The third-order valence-corrected chi connectivity index (χ3v) is 11.0. The number of hydrogen-bond acceptors (Lipinski definition) is 3. The van der Waals surface area contributed by atoms with E-state index in [0.717, 1.165) is 44.5 Å². The Bertz CT molecular complexity index is 2030. The van der Waals surface area contributed by atoms with Crippen LogP contribution in [0.2, 0.25) is 19.6 Å². The van der Waals surface area contributed by atoms with Crippen molar-refractivity contribution in [3.63, 3.8) is 0 Å². The summed E-state index contributed by atoms with van der Waals surface area (Å²) in [5.74, 6) is -0.198. The largest absolute Gasteiger partial charge is 0.512 e. The second kappa shape index (κ2) is 13.7. The molecule has 0 atom stereocenters. The van der Waals surface area contributed by atoms with E-state index in [1.807, 2.05) is 18.3 Å². The van der Waals surface area contributed by atoms with Gasteiger partial charge in [0, 0.05) is 54.6 Å². The van der Waals surface area contributed by atoms with Crippen LogP contribution in [0.25, 0.3) is 44.3 Å². The molecule has 0 aliphatic heterocycles. The van der Waals surface area contributed by atoms with Gasteiger partial charge in [-0.15, -0.1) is 29.1 Å². The number of ketones is 1. The average Bonchev–Trinajstić information content (AvgIpc) is 3.22. The molecule has 1 aliphatic rings. The number of nitrogens with zero attached hydrogens (tertiary/aromatic N) is 1. The number of carbonyl (C=O) groups is 1. The third-order valence-electron chi connectivity index (χ3n) is 8.95. The molecule has 1 aromatic heterocycles. The number of hydrogen-bond donors (Lipinski definition) is 1. The maximum Gasteiger partial charge on any atom is 0.155 e. The molecule has 1 N–H and O–H groups in total. The van der Waals surface area contributed by atoms with E-state index in [0.29, 0.717) is 5.56 Å². The van der Waals surface area contributed by atoms with Crippen LogP contribution in [0, 0.1) is 11.9 Å². The van der Waals surface area contributed by atoms with Crippen molar-refractivity contribution in [1.29, 1.82) is 0 Å². The number of allylic oxidation sites excluding steroid dienone is 2. The van der Waals surface area contributed by atoms with Gasteiger partial charge in [-0.05, 0) is 47.6 Å². The molecule has 0 bridgehead atoms. The molecule has 0 fully saturated rings. The molecule has 0 amide bonds. The topological polar surface area (TPSA) is 50.2 Å². The van der Waals surface area contributed by atoms with Crippen LogP contribution in [-0.2, 0) is 35.7 Å². The summed E-state index contributed by atoms with van der Waals surface area (Å²) in [7, 11) is -1.43. The zero-order valence-electron chi connectivity index (χ0n) is 29.6. The number of pyridine rings is 1. The maximum absolute atomic E-state index is 16.6. The summed E-state index contributed by atoms with van der Waals surface area (Å²) in [5.41, 5.74) is 7.92. The maximum atomic E-state index is 16.6. The number of aliphatic hydroxyl groups excluding tert-OH is 1. The van der Waals surface area contributed by atoms with Gasteiger partial charge in [-0.1, -0.05) is 125 Å². The molecule has 5 aromatic rings. The molecule has 4 aromatic carbocycles. The zero-order valence-corrected chi connectivity index (χ0v) is 33.0. The molecule has 251 valence electrons. The van der Waals surface area contributed by atoms with Gasteiger partial charge in [0.1, 0.15) is 5.82 Å². The van der Waals surface area contributed by atoms with E-state index in [4.69, 9.17) is 10.1 Å². The number of aromatic nitrogens is 1.